The first-order valence-corrected chi connectivity index (χ1v) is 13.8. The number of pyridine rings is 3. The normalized spacial score (nSPS) is 19.2. The second kappa shape index (κ2) is 9.57. The Morgan fingerprint density at radius 1 is 1.03 bits per heavy atom. The summed E-state index contributed by atoms with van der Waals surface area (Å²) in [5.41, 5.74) is 4.15. The molecule has 2 fully saturated rings. The minimum atomic E-state index is 0.0984. The van der Waals surface area contributed by atoms with Gasteiger partial charge in [0.1, 0.15) is 11.6 Å². The minimum absolute atomic E-state index is 0.0984. The van der Waals surface area contributed by atoms with Gasteiger partial charge in [-0.05, 0) is 67.0 Å². The van der Waals surface area contributed by atoms with Crippen LogP contribution in [-0.2, 0) is 0 Å². The lowest BCUT2D eigenvalue weighted by Gasteiger charge is -2.40. The molecule has 1 aliphatic heterocycles. The highest BCUT2D eigenvalue weighted by atomic mass is 15.3. The summed E-state index contributed by atoms with van der Waals surface area (Å²) >= 11 is 0. The summed E-state index contributed by atoms with van der Waals surface area (Å²) in [7, 11) is 0. The second-order valence-corrected chi connectivity index (χ2v) is 11.5. The van der Waals surface area contributed by atoms with Crippen LogP contribution in [0, 0.1) is 5.41 Å². The highest BCUT2D eigenvalue weighted by Gasteiger charge is 2.33. The molecular weight excluding hydrogens is 486 g/mol. The molecule has 5 aromatic rings. The number of aromatic nitrogens is 6. The Morgan fingerprint density at radius 2 is 1.95 bits per heavy atom. The standard InChI is InChI=1S/C30H33N9/c1-30(2)18-31-11-10-24(30)35-29-27-22(19-6-5-7-19)16-32-17-23(27)34-28(37-29)20-9-12-33-25(14-20)36-26-15-21-8-3-4-13-39(21)38-26/h3-4,8-9,12-17,19,24,31H,5-7,10-11,18H2,1-2H3,(H,33,36,38)(H,34,35,37)/t24-/m0/s1. The molecule has 2 aliphatic rings. The lowest BCUT2D eigenvalue weighted by Crippen LogP contribution is -2.49. The zero-order valence-electron chi connectivity index (χ0n) is 22.4. The number of hydrogen-bond donors (Lipinski definition) is 3. The Labute approximate surface area is 227 Å². The molecule has 1 saturated carbocycles. The van der Waals surface area contributed by atoms with Crippen molar-refractivity contribution in [1.82, 2.24) is 34.9 Å². The summed E-state index contributed by atoms with van der Waals surface area (Å²) in [6.07, 6.45) is 12.3. The Morgan fingerprint density at radius 3 is 2.77 bits per heavy atom. The lowest BCUT2D eigenvalue weighted by atomic mass is 9.78. The first-order valence-electron chi connectivity index (χ1n) is 13.8. The molecule has 198 valence electrons. The van der Waals surface area contributed by atoms with Crippen molar-refractivity contribution in [3.63, 3.8) is 0 Å². The van der Waals surface area contributed by atoms with Gasteiger partial charge in [-0.1, -0.05) is 26.3 Å². The average Bonchev–Trinajstić information content (AvgIpc) is 3.31. The highest BCUT2D eigenvalue weighted by molar-refractivity contribution is 5.93. The van der Waals surface area contributed by atoms with E-state index in [0.717, 1.165) is 53.1 Å². The van der Waals surface area contributed by atoms with Gasteiger partial charge in [0.2, 0.25) is 0 Å². The maximum atomic E-state index is 5.17. The molecule has 1 saturated heterocycles. The molecule has 7 rings (SSSR count). The van der Waals surface area contributed by atoms with Gasteiger partial charge in [-0.2, -0.15) is 5.10 Å². The quantitative estimate of drug-likeness (QED) is 0.268. The van der Waals surface area contributed by atoms with Gasteiger partial charge in [-0.15, -0.1) is 0 Å². The van der Waals surface area contributed by atoms with Gasteiger partial charge in [0.15, 0.2) is 11.6 Å². The third-order valence-electron chi connectivity index (χ3n) is 8.27. The molecule has 0 unspecified atom stereocenters. The number of anilines is 3. The zero-order chi connectivity index (χ0) is 26.4. The van der Waals surface area contributed by atoms with Crippen molar-refractivity contribution in [3.05, 3.63) is 66.7 Å². The van der Waals surface area contributed by atoms with Crippen molar-refractivity contribution in [1.29, 1.82) is 0 Å². The molecule has 1 aliphatic carbocycles. The van der Waals surface area contributed by atoms with E-state index in [2.05, 4.69) is 44.9 Å². The average molecular weight is 520 g/mol. The SMILES string of the molecule is CC1(C)CNCC[C@@H]1Nc1nc(-c2ccnc(Nc3cc4ccccn4n3)c2)nc2cncc(C3CCC3)c12. The number of piperidine rings is 1. The Bertz CT molecular complexity index is 1620. The first-order chi connectivity index (χ1) is 19.0. The molecule has 5 aromatic heterocycles. The van der Waals surface area contributed by atoms with Crippen LogP contribution in [0.25, 0.3) is 27.8 Å². The van der Waals surface area contributed by atoms with E-state index < -0.39 is 0 Å². The number of nitrogens with one attached hydrogen (secondary N) is 3. The smallest absolute Gasteiger partial charge is 0.162 e. The van der Waals surface area contributed by atoms with E-state index in [1.807, 2.05) is 59.5 Å². The van der Waals surface area contributed by atoms with Crippen LogP contribution in [0.1, 0.15) is 51.0 Å². The fraction of sp³-hybridized carbons (Fsp3) is 0.367. The van der Waals surface area contributed by atoms with E-state index in [-0.39, 0.29) is 5.41 Å². The van der Waals surface area contributed by atoms with Gasteiger partial charge in [-0.3, -0.25) is 4.98 Å². The number of rotatable bonds is 6. The van der Waals surface area contributed by atoms with Crippen LogP contribution in [0.3, 0.4) is 0 Å². The molecule has 0 aromatic carbocycles. The summed E-state index contributed by atoms with van der Waals surface area (Å²) in [6.45, 7) is 6.60. The Kier molecular flexibility index (Phi) is 5.88. The van der Waals surface area contributed by atoms with Crippen molar-refractivity contribution in [2.45, 2.75) is 51.5 Å². The van der Waals surface area contributed by atoms with Crippen LogP contribution in [0.15, 0.2) is 61.2 Å². The van der Waals surface area contributed by atoms with E-state index in [9.17, 15) is 0 Å². The van der Waals surface area contributed by atoms with Gasteiger partial charge in [0.05, 0.1) is 17.2 Å². The second-order valence-electron chi connectivity index (χ2n) is 11.5. The molecule has 0 bridgehead atoms. The molecular formula is C30H33N9. The maximum Gasteiger partial charge on any atom is 0.162 e. The van der Waals surface area contributed by atoms with Crippen LogP contribution in [0.2, 0.25) is 0 Å². The van der Waals surface area contributed by atoms with Crippen LogP contribution in [0.5, 0.6) is 0 Å². The van der Waals surface area contributed by atoms with Crippen molar-refractivity contribution in [3.8, 4) is 11.4 Å². The molecule has 0 radical (unpaired) electrons. The van der Waals surface area contributed by atoms with E-state index >= 15 is 0 Å². The van der Waals surface area contributed by atoms with E-state index in [1.165, 1.54) is 24.8 Å². The van der Waals surface area contributed by atoms with E-state index in [1.54, 1.807) is 6.20 Å². The largest absolute Gasteiger partial charge is 0.366 e. The van der Waals surface area contributed by atoms with Gasteiger partial charge >= 0.3 is 0 Å². The number of fused-ring (bicyclic) bond motifs is 2. The molecule has 3 N–H and O–H groups in total. The molecule has 0 spiro atoms. The summed E-state index contributed by atoms with van der Waals surface area (Å²) in [5, 5.41) is 16.5. The molecule has 1 atom stereocenters. The summed E-state index contributed by atoms with van der Waals surface area (Å²) in [5.74, 6) is 3.51. The van der Waals surface area contributed by atoms with Crippen LogP contribution in [0.4, 0.5) is 17.5 Å². The summed E-state index contributed by atoms with van der Waals surface area (Å²) in [4.78, 5) is 19.3. The lowest BCUT2D eigenvalue weighted by molar-refractivity contribution is 0.236. The fourth-order valence-corrected chi connectivity index (χ4v) is 5.74. The van der Waals surface area contributed by atoms with Crippen molar-refractivity contribution < 1.29 is 0 Å². The van der Waals surface area contributed by atoms with Crippen LogP contribution < -0.4 is 16.0 Å². The topological polar surface area (TPSA) is 105 Å². The van der Waals surface area contributed by atoms with Crippen LogP contribution >= 0.6 is 0 Å². The van der Waals surface area contributed by atoms with E-state index in [4.69, 9.17) is 9.97 Å². The third-order valence-corrected chi connectivity index (χ3v) is 8.27. The molecule has 39 heavy (non-hydrogen) atoms. The van der Waals surface area contributed by atoms with Gasteiger partial charge in [0.25, 0.3) is 0 Å². The summed E-state index contributed by atoms with van der Waals surface area (Å²) in [6, 6.07) is 12.2. The molecule has 9 heteroatoms. The van der Waals surface area contributed by atoms with Gasteiger partial charge in [-0.25, -0.2) is 19.5 Å². The van der Waals surface area contributed by atoms with Crippen molar-refractivity contribution in [2.75, 3.05) is 23.7 Å². The predicted molar refractivity (Wildman–Crippen MR) is 154 cm³/mol. The molecule has 6 heterocycles. The van der Waals surface area contributed by atoms with Crippen molar-refractivity contribution >= 4 is 33.9 Å². The zero-order valence-corrected chi connectivity index (χ0v) is 22.4. The summed E-state index contributed by atoms with van der Waals surface area (Å²) < 4.78 is 1.84. The monoisotopic (exact) mass is 519 g/mol. The van der Waals surface area contributed by atoms with Crippen molar-refractivity contribution in [2.24, 2.45) is 5.41 Å². The predicted octanol–water partition coefficient (Wildman–Crippen LogP) is 5.55. The molecule has 0 amide bonds. The van der Waals surface area contributed by atoms with Gasteiger partial charge in [0, 0.05) is 48.2 Å². The first kappa shape index (κ1) is 24.0. The molecule has 9 nitrogen and oxygen atoms in total. The Hall–Kier alpha value is -4.11. The van der Waals surface area contributed by atoms with Crippen LogP contribution in [-0.4, -0.2) is 48.7 Å². The fourth-order valence-electron chi connectivity index (χ4n) is 5.74. The van der Waals surface area contributed by atoms with E-state index in [0.29, 0.717) is 23.6 Å². The van der Waals surface area contributed by atoms with Gasteiger partial charge < -0.3 is 16.0 Å². The number of hydrogen-bond acceptors (Lipinski definition) is 8. The third kappa shape index (κ3) is 4.57. The maximum absolute atomic E-state index is 5.17. The minimum Gasteiger partial charge on any atom is -0.366 e. The highest BCUT2D eigenvalue weighted by Crippen LogP contribution is 2.42. The number of nitrogens with zero attached hydrogens (tertiary/aromatic N) is 6. The Balaban J connectivity index is 1.28.